The molecule has 0 N–H and O–H groups in total. The van der Waals surface area contributed by atoms with Gasteiger partial charge in [-0.05, 0) is 29.3 Å². The number of hydrogen-bond donors (Lipinski definition) is 0. The first-order valence-electron chi connectivity index (χ1n) is 6.42. The van der Waals surface area contributed by atoms with Crippen LogP contribution in [-0.2, 0) is 18.0 Å². The van der Waals surface area contributed by atoms with Gasteiger partial charge < -0.3 is 9.47 Å². The molecular formula is C16H12F2O3. The molecule has 0 saturated carbocycles. The van der Waals surface area contributed by atoms with Gasteiger partial charge in [0.05, 0.1) is 13.2 Å². The van der Waals surface area contributed by atoms with Gasteiger partial charge in [0.2, 0.25) is 0 Å². The van der Waals surface area contributed by atoms with Gasteiger partial charge >= 0.3 is 6.61 Å². The Morgan fingerprint density at radius 3 is 2.62 bits per heavy atom. The van der Waals surface area contributed by atoms with Crippen molar-refractivity contribution in [1.29, 1.82) is 0 Å². The van der Waals surface area contributed by atoms with E-state index in [9.17, 15) is 13.6 Å². The van der Waals surface area contributed by atoms with Gasteiger partial charge in [-0.3, -0.25) is 4.79 Å². The van der Waals surface area contributed by atoms with Crippen molar-refractivity contribution < 1.29 is 23.0 Å². The van der Waals surface area contributed by atoms with Crippen LogP contribution >= 0.6 is 0 Å². The van der Waals surface area contributed by atoms with Crippen molar-refractivity contribution in [3.8, 4) is 5.75 Å². The summed E-state index contributed by atoms with van der Waals surface area (Å²) >= 11 is 0. The third-order valence-electron chi connectivity index (χ3n) is 3.30. The average Bonchev–Trinajstić information content (AvgIpc) is 2.93. The van der Waals surface area contributed by atoms with E-state index < -0.39 is 6.61 Å². The molecule has 0 atom stereocenters. The first kappa shape index (κ1) is 13.7. The normalized spacial score (nSPS) is 13.3. The summed E-state index contributed by atoms with van der Waals surface area (Å²) in [5, 5.41) is 0. The maximum Gasteiger partial charge on any atom is 0.387 e. The van der Waals surface area contributed by atoms with Gasteiger partial charge in [-0.25, -0.2) is 0 Å². The molecule has 0 radical (unpaired) electrons. The number of rotatable bonds is 4. The Bertz CT molecular complexity index is 683. The zero-order chi connectivity index (χ0) is 14.8. The largest absolute Gasteiger partial charge is 0.435 e. The Morgan fingerprint density at radius 1 is 1.05 bits per heavy atom. The Kier molecular flexibility index (Phi) is 3.66. The first-order chi connectivity index (χ1) is 10.1. The molecule has 0 bridgehead atoms. The number of fused-ring (bicyclic) bond motifs is 1. The predicted molar refractivity (Wildman–Crippen MR) is 71.4 cm³/mol. The Hall–Kier alpha value is -2.27. The van der Waals surface area contributed by atoms with Crippen LogP contribution in [0.4, 0.5) is 8.78 Å². The van der Waals surface area contributed by atoms with Crippen molar-refractivity contribution >= 4 is 5.78 Å². The number of alkyl halides is 2. The summed E-state index contributed by atoms with van der Waals surface area (Å²) in [6.07, 6.45) is 0. The number of carbonyl (C=O) groups excluding carboxylic acids is 1. The molecule has 108 valence electrons. The van der Waals surface area contributed by atoms with Gasteiger partial charge in [0.25, 0.3) is 0 Å². The molecule has 1 heterocycles. The average molecular weight is 290 g/mol. The minimum Gasteiger partial charge on any atom is -0.435 e. The molecule has 3 nitrogen and oxygen atoms in total. The predicted octanol–water partition coefficient (Wildman–Crippen LogP) is 3.55. The monoisotopic (exact) mass is 290 g/mol. The van der Waals surface area contributed by atoms with Crippen LogP contribution in [0.5, 0.6) is 5.75 Å². The van der Waals surface area contributed by atoms with E-state index in [1.807, 2.05) is 6.07 Å². The Morgan fingerprint density at radius 2 is 1.81 bits per heavy atom. The highest BCUT2D eigenvalue weighted by Gasteiger charge is 2.16. The van der Waals surface area contributed by atoms with Crippen LogP contribution in [-0.4, -0.2) is 12.4 Å². The fourth-order valence-corrected chi connectivity index (χ4v) is 2.29. The SMILES string of the molecule is O=C(c1cccc(OC(F)F)c1)c1ccc2c(c1)COC2. The van der Waals surface area contributed by atoms with Crippen molar-refractivity contribution in [2.24, 2.45) is 0 Å². The molecular weight excluding hydrogens is 278 g/mol. The maximum atomic E-state index is 12.4. The van der Waals surface area contributed by atoms with E-state index in [2.05, 4.69) is 4.74 Å². The molecule has 0 spiro atoms. The molecule has 5 heteroatoms. The molecule has 3 rings (SSSR count). The van der Waals surface area contributed by atoms with Gasteiger partial charge in [0, 0.05) is 11.1 Å². The lowest BCUT2D eigenvalue weighted by Gasteiger charge is -2.07. The molecule has 1 aliphatic rings. The van der Waals surface area contributed by atoms with Crippen LogP contribution in [0.2, 0.25) is 0 Å². The third kappa shape index (κ3) is 2.92. The van der Waals surface area contributed by atoms with Crippen LogP contribution < -0.4 is 4.74 Å². The fourth-order valence-electron chi connectivity index (χ4n) is 2.29. The van der Waals surface area contributed by atoms with E-state index in [0.717, 1.165) is 11.1 Å². The maximum absolute atomic E-state index is 12.4. The van der Waals surface area contributed by atoms with Crippen LogP contribution in [0.25, 0.3) is 0 Å². The first-order valence-corrected chi connectivity index (χ1v) is 6.42. The molecule has 0 aromatic heterocycles. The lowest BCUT2D eigenvalue weighted by Crippen LogP contribution is -2.05. The molecule has 0 amide bonds. The molecule has 0 unspecified atom stereocenters. The second kappa shape index (κ2) is 5.61. The second-order valence-electron chi connectivity index (χ2n) is 4.71. The van der Waals surface area contributed by atoms with E-state index in [1.165, 1.54) is 18.2 Å². The highest BCUT2D eigenvalue weighted by Crippen LogP contribution is 2.23. The summed E-state index contributed by atoms with van der Waals surface area (Å²) in [6, 6.07) is 11.2. The van der Waals surface area contributed by atoms with Crippen molar-refractivity contribution in [2.45, 2.75) is 19.8 Å². The fraction of sp³-hybridized carbons (Fsp3) is 0.188. The van der Waals surface area contributed by atoms with Crippen molar-refractivity contribution in [3.63, 3.8) is 0 Å². The van der Waals surface area contributed by atoms with Gasteiger partial charge in [-0.2, -0.15) is 8.78 Å². The third-order valence-corrected chi connectivity index (χ3v) is 3.30. The lowest BCUT2D eigenvalue weighted by molar-refractivity contribution is -0.0498. The Labute approximate surface area is 120 Å². The summed E-state index contributed by atoms with van der Waals surface area (Å²) < 4.78 is 34.0. The zero-order valence-corrected chi connectivity index (χ0v) is 11.0. The molecule has 1 aliphatic heterocycles. The van der Waals surface area contributed by atoms with Crippen LogP contribution in [0, 0.1) is 0 Å². The van der Waals surface area contributed by atoms with Gasteiger partial charge in [-0.1, -0.05) is 24.3 Å². The minimum absolute atomic E-state index is 0.0275. The van der Waals surface area contributed by atoms with Crippen LogP contribution in [0.1, 0.15) is 27.0 Å². The Balaban J connectivity index is 1.88. The number of ether oxygens (including phenoxy) is 2. The van der Waals surface area contributed by atoms with Crippen LogP contribution in [0.3, 0.4) is 0 Å². The highest BCUT2D eigenvalue weighted by molar-refractivity contribution is 6.09. The van der Waals surface area contributed by atoms with E-state index in [0.29, 0.717) is 24.3 Å². The molecule has 0 saturated heterocycles. The van der Waals surface area contributed by atoms with Crippen molar-refractivity contribution in [2.75, 3.05) is 0 Å². The number of halogens is 2. The van der Waals surface area contributed by atoms with Crippen LogP contribution in [0.15, 0.2) is 42.5 Å². The molecule has 0 fully saturated rings. The summed E-state index contributed by atoms with van der Waals surface area (Å²) in [5.74, 6) is -0.259. The quantitative estimate of drug-likeness (QED) is 0.808. The smallest absolute Gasteiger partial charge is 0.387 e. The summed E-state index contributed by atoms with van der Waals surface area (Å²) in [5.41, 5.74) is 2.88. The van der Waals surface area contributed by atoms with Crippen molar-refractivity contribution in [1.82, 2.24) is 0 Å². The van der Waals surface area contributed by atoms with Gasteiger partial charge in [0.1, 0.15) is 5.75 Å². The van der Waals surface area contributed by atoms with Gasteiger partial charge in [0.15, 0.2) is 5.78 Å². The molecule has 2 aromatic carbocycles. The van der Waals surface area contributed by atoms with Gasteiger partial charge in [-0.15, -0.1) is 0 Å². The van der Waals surface area contributed by atoms with E-state index in [1.54, 1.807) is 18.2 Å². The zero-order valence-electron chi connectivity index (χ0n) is 11.0. The topological polar surface area (TPSA) is 35.5 Å². The molecule has 2 aromatic rings. The number of hydrogen-bond acceptors (Lipinski definition) is 3. The molecule has 0 aliphatic carbocycles. The second-order valence-corrected chi connectivity index (χ2v) is 4.71. The standard InChI is InChI=1S/C16H12F2O3/c17-16(18)21-14-3-1-2-10(7-14)15(19)11-4-5-12-8-20-9-13(12)6-11/h1-7,16H,8-9H2. The summed E-state index contributed by atoms with van der Waals surface area (Å²) in [6.45, 7) is -1.86. The van der Waals surface area contributed by atoms with E-state index >= 15 is 0 Å². The van der Waals surface area contributed by atoms with Crippen molar-refractivity contribution in [3.05, 3.63) is 64.7 Å². The van der Waals surface area contributed by atoms with E-state index in [-0.39, 0.29) is 11.5 Å². The number of ketones is 1. The summed E-state index contributed by atoms with van der Waals surface area (Å²) in [4.78, 5) is 12.4. The molecule has 21 heavy (non-hydrogen) atoms. The highest BCUT2D eigenvalue weighted by atomic mass is 19.3. The van der Waals surface area contributed by atoms with E-state index in [4.69, 9.17) is 4.74 Å². The number of benzene rings is 2. The number of carbonyl (C=O) groups is 1. The lowest BCUT2D eigenvalue weighted by atomic mass is 9.99. The minimum atomic E-state index is -2.91. The summed E-state index contributed by atoms with van der Waals surface area (Å²) in [7, 11) is 0.